The lowest BCUT2D eigenvalue weighted by molar-refractivity contribution is -0.142. The molecule has 0 bridgehead atoms. The van der Waals surface area contributed by atoms with E-state index in [2.05, 4.69) is 19.2 Å². The summed E-state index contributed by atoms with van der Waals surface area (Å²) in [6, 6.07) is 14.5. The number of hydrogen-bond acceptors (Lipinski definition) is 6. The average Bonchev–Trinajstić information content (AvgIpc) is 2.80. The first-order valence-electron chi connectivity index (χ1n) is 9.89. The molecular weight excluding hydrogens is 396 g/mol. The summed E-state index contributed by atoms with van der Waals surface area (Å²) in [7, 11) is 1.48. The maximum atomic E-state index is 12.0. The number of nitrogens with one attached hydrogen (secondary N) is 1. The zero-order valence-corrected chi connectivity index (χ0v) is 17.9. The van der Waals surface area contributed by atoms with Crippen LogP contribution in [0.4, 0.5) is 5.69 Å². The van der Waals surface area contributed by atoms with E-state index in [1.54, 1.807) is 18.2 Å². The van der Waals surface area contributed by atoms with Crippen LogP contribution in [-0.2, 0) is 14.3 Å². The molecule has 2 aromatic rings. The highest BCUT2D eigenvalue weighted by Gasteiger charge is 2.08. The van der Waals surface area contributed by atoms with Gasteiger partial charge in [0.1, 0.15) is 6.07 Å². The second kappa shape index (κ2) is 12.0. The molecule has 0 aliphatic heterocycles. The first-order chi connectivity index (χ1) is 15.0. The normalized spacial score (nSPS) is 11.4. The van der Waals surface area contributed by atoms with Gasteiger partial charge in [-0.2, -0.15) is 5.26 Å². The fraction of sp³-hybridized carbons (Fsp3) is 0.292. The molecule has 0 saturated heterocycles. The smallest absolute Gasteiger partial charge is 0.331 e. The first kappa shape index (κ1) is 23.5. The first-order valence-corrected chi connectivity index (χ1v) is 9.89. The van der Waals surface area contributed by atoms with Gasteiger partial charge < -0.3 is 19.5 Å². The van der Waals surface area contributed by atoms with Gasteiger partial charge in [0.15, 0.2) is 24.7 Å². The maximum absolute atomic E-state index is 12.0. The fourth-order valence-electron chi connectivity index (χ4n) is 2.69. The molecule has 2 rings (SSSR count). The van der Waals surface area contributed by atoms with Crippen molar-refractivity contribution in [1.29, 1.82) is 5.26 Å². The summed E-state index contributed by atoms with van der Waals surface area (Å²) >= 11 is 0. The van der Waals surface area contributed by atoms with Crippen molar-refractivity contribution in [1.82, 2.24) is 0 Å². The molecule has 1 amide bonds. The Morgan fingerprint density at radius 1 is 1.16 bits per heavy atom. The molecule has 1 atom stereocenters. The Kier molecular flexibility index (Phi) is 9.12. The second-order valence-electron chi connectivity index (χ2n) is 6.78. The molecule has 2 aromatic carbocycles. The summed E-state index contributed by atoms with van der Waals surface area (Å²) in [6.45, 7) is 3.79. The van der Waals surface area contributed by atoms with Crippen LogP contribution in [0.5, 0.6) is 11.5 Å². The number of carbonyl (C=O) groups is 2. The molecule has 7 nitrogen and oxygen atoms in total. The van der Waals surface area contributed by atoms with Gasteiger partial charge in [-0.3, -0.25) is 4.79 Å². The third-order valence-electron chi connectivity index (χ3n) is 4.61. The number of hydrogen-bond donors (Lipinski definition) is 1. The number of rotatable bonds is 10. The van der Waals surface area contributed by atoms with Gasteiger partial charge in [-0.25, -0.2) is 4.79 Å². The quantitative estimate of drug-likeness (QED) is 0.453. The number of ether oxygens (including phenoxy) is 3. The molecular formula is C24H26N2O5. The third kappa shape index (κ3) is 7.52. The monoisotopic (exact) mass is 422 g/mol. The molecule has 0 heterocycles. The molecule has 0 spiro atoms. The highest BCUT2D eigenvalue weighted by Crippen LogP contribution is 2.28. The minimum absolute atomic E-state index is 0.0953. The number of amides is 1. The molecule has 0 aliphatic rings. The van der Waals surface area contributed by atoms with Gasteiger partial charge >= 0.3 is 5.97 Å². The number of benzene rings is 2. The fourth-order valence-corrected chi connectivity index (χ4v) is 2.69. The number of nitrogens with zero attached hydrogens (tertiary/aromatic N) is 1. The van der Waals surface area contributed by atoms with Crippen LogP contribution < -0.4 is 14.8 Å². The van der Waals surface area contributed by atoms with Crippen LogP contribution in [0.3, 0.4) is 0 Å². The van der Waals surface area contributed by atoms with Crippen molar-refractivity contribution in [2.24, 2.45) is 0 Å². The standard InChI is InChI=1S/C24H26N2O5/c1-4-17(2)19-7-9-20(10-8-19)26-23(27)16-31-24(28)12-6-18-5-11-21(30-14-13-25)22(15-18)29-3/h5-12,15,17H,4,14,16H2,1-3H3,(H,26,27)/b12-6+/t17-/m0/s1. The second-order valence-corrected chi connectivity index (χ2v) is 6.78. The number of methoxy groups -OCH3 is 1. The molecule has 1 N–H and O–H groups in total. The van der Waals surface area contributed by atoms with E-state index in [0.29, 0.717) is 28.7 Å². The van der Waals surface area contributed by atoms with Gasteiger partial charge in [0.05, 0.1) is 7.11 Å². The van der Waals surface area contributed by atoms with Gasteiger partial charge in [0.25, 0.3) is 5.91 Å². The molecule has 7 heteroatoms. The average molecular weight is 422 g/mol. The lowest BCUT2D eigenvalue weighted by atomic mass is 9.99. The van der Waals surface area contributed by atoms with Crippen LogP contribution in [0, 0.1) is 11.3 Å². The molecule has 31 heavy (non-hydrogen) atoms. The van der Waals surface area contributed by atoms with Crippen LogP contribution in [-0.4, -0.2) is 32.2 Å². The summed E-state index contributed by atoms with van der Waals surface area (Å²) in [5.74, 6) is 0.255. The van der Waals surface area contributed by atoms with E-state index in [0.717, 1.165) is 6.42 Å². The zero-order valence-electron chi connectivity index (χ0n) is 17.9. The van der Waals surface area contributed by atoms with Crippen LogP contribution in [0.2, 0.25) is 0 Å². The van der Waals surface area contributed by atoms with Crippen molar-refractivity contribution < 1.29 is 23.8 Å². The summed E-state index contributed by atoms with van der Waals surface area (Å²) < 4.78 is 15.4. The van der Waals surface area contributed by atoms with Crippen LogP contribution in [0.15, 0.2) is 48.5 Å². The van der Waals surface area contributed by atoms with E-state index in [9.17, 15) is 9.59 Å². The number of anilines is 1. The van der Waals surface area contributed by atoms with Crippen molar-refractivity contribution in [3.8, 4) is 17.6 Å². The van der Waals surface area contributed by atoms with Gasteiger partial charge in [-0.05, 0) is 53.8 Å². The Balaban J connectivity index is 1.85. The van der Waals surface area contributed by atoms with Gasteiger partial charge in [-0.1, -0.05) is 32.0 Å². The predicted octanol–water partition coefficient (Wildman–Crippen LogP) is 4.31. The van der Waals surface area contributed by atoms with E-state index < -0.39 is 11.9 Å². The molecule has 162 valence electrons. The van der Waals surface area contributed by atoms with Crippen LogP contribution in [0.25, 0.3) is 6.08 Å². The lowest BCUT2D eigenvalue weighted by Gasteiger charge is -2.10. The molecule has 0 aromatic heterocycles. The van der Waals surface area contributed by atoms with E-state index in [-0.39, 0.29) is 13.2 Å². The van der Waals surface area contributed by atoms with Gasteiger partial charge in [-0.15, -0.1) is 0 Å². The largest absolute Gasteiger partial charge is 0.493 e. The van der Waals surface area contributed by atoms with Gasteiger partial charge in [0, 0.05) is 11.8 Å². The highest BCUT2D eigenvalue weighted by atomic mass is 16.5. The lowest BCUT2D eigenvalue weighted by Crippen LogP contribution is -2.20. The molecule has 0 radical (unpaired) electrons. The Morgan fingerprint density at radius 3 is 2.55 bits per heavy atom. The summed E-state index contributed by atoms with van der Waals surface area (Å²) in [5.41, 5.74) is 2.52. The van der Waals surface area contributed by atoms with E-state index in [1.165, 1.54) is 24.8 Å². The molecule has 0 saturated carbocycles. The van der Waals surface area contributed by atoms with E-state index in [4.69, 9.17) is 19.5 Å². The molecule has 0 aliphatic carbocycles. The SMILES string of the molecule is CC[C@H](C)c1ccc(NC(=O)COC(=O)/C=C/c2ccc(OCC#N)c(OC)c2)cc1. The van der Waals surface area contributed by atoms with Gasteiger partial charge in [0.2, 0.25) is 0 Å². The predicted molar refractivity (Wildman–Crippen MR) is 118 cm³/mol. The number of nitriles is 1. The van der Waals surface area contributed by atoms with Crippen molar-refractivity contribution in [2.45, 2.75) is 26.2 Å². The summed E-state index contributed by atoms with van der Waals surface area (Å²) in [4.78, 5) is 23.9. The minimum Gasteiger partial charge on any atom is -0.493 e. The number of carbonyl (C=O) groups excluding carboxylic acids is 2. The minimum atomic E-state index is -0.647. The van der Waals surface area contributed by atoms with Crippen LogP contribution >= 0.6 is 0 Å². The van der Waals surface area contributed by atoms with Crippen LogP contribution in [0.1, 0.15) is 37.3 Å². The van der Waals surface area contributed by atoms with Crippen molar-refractivity contribution in [2.75, 3.05) is 25.6 Å². The molecule has 0 fully saturated rings. The van der Waals surface area contributed by atoms with Crippen molar-refractivity contribution in [3.63, 3.8) is 0 Å². The highest BCUT2D eigenvalue weighted by molar-refractivity contribution is 5.94. The van der Waals surface area contributed by atoms with Crippen molar-refractivity contribution in [3.05, 3.63) is 59.7 Å². The Hall–Kier alpha value is -3.79. The third-order valence-corrected chi connectivity index (χ3v) is 4.61. The Labute approximate surface area is 182 Å². The van der Waals surface area contributed by atoms with Crippen molar-refractivity contribution >= 4 is 23.6 Å². The topological polar surface area (TPSA) is 97.6 Å². The Morgan fingerprint density at radius 2 is 1.90 bits per heavy atom. The number of esters is 1. The summed E-state index contributed by atoms with van der Waals surface area (Å²) in [5, 5.41) is 11.3. The Bertz CT molecular complexity index is 961. The van der Waals surface area contributed by atoms with E-state index >= 15 is 0 Å². The maximum Gasteiger partial charge on any atom is 0.331 e. The summed E-state index contributed by atoms with van der Waals surface area (Å²) in [6.07, 6.45) is 3.80. The molecule has 0 unspecified atom stereocenters. The zero-order chi connectivity index (χ0) is 22.6. The van der Waals surface area contributed by atoms with E-state index in [1.807, 2.05) is 30.3 Å².